The lowest BCUT2D eigenvalue weighted by molar-refractivity contribution is 0.0565. The fourth-order valence-corrected chi connectivity index (χ4v) is 4.91. The van der Waals surface area contributed by atoms with Crippen molar-refractivity contribution in [1.29, 1.82) is 0 Å². The van der Waals surface area contributed by atoms with Crippen LogP contribution in [0.4, 0.5) is 0 Å². The molecule has 0 bridgehead atoms. The molecule has 0 radical (unpaired) electrons. The van der Waals surface area contributed by atoms with E-state index in [1.807, 2.05) is 6.07 Å². The summed E-state index contributed by atoms with van der Waals surface area (Å²) in [6.45, 7) is 3.09. The molecule has 2 aromatic rings. The average Bonchev–Trinajstić information content (AvgIpc) is 3.29. The third-order valence-corrected chi connectivity index (χ3v) is 6.32. The highest BCUT2D eigenvalue weighted by molar-refractivity contribution is 5.60. The topological polar surface area (TPSA) is 57.0 Å². The lowest BCUT2D eigenvalue weighted by Crippen LogP contribution is -2.42. The molecule has 5 rings (SSSR count). The van der Waals surface area contributed by atoms with Crippen molar-refractivity contribution in [2.75, 3.05) is 27.3 Å². The van der Waals surface area contributed by atoms with E-state index < -0.39 is 0 Å². The Kier molecular flexibility index (Phi) is 4.40. The Labute approximate surface area is 165 Å². The number of oxazole rings is 1. The van der Waals surface area contributed by atoms with Gasteiger partial charge in [0.1, 0.15) is 18.5 Å². The van der Waals surface area contributed by atoms with Crippen LogP contribution in [0.2, 0.25) is 0 Å². The number of rotatable bonds is 5. The molecule has 3 heterocycles. The van der Waals surface area contributed by atoms with Gasteiger partial charge in [0, 0.05) is 18.0 Å². The molecule has 0 N–H and O–H groups in total. The highest BCUT2D eigenvalue weighted by atomic mass is 16.5. The van der Waals surface area contributed by atoms with Gasteiger partial charge in [-0.3, -0.25) is 0 Å². The lowest BCUT2D eigenvalue weighted by atomic mass is 9.67. The van der Waals surface area contributed by atoms with Crippen LogP contribution in [0.15, 0.2) is 41.3 Å². The quantitative estimate of drug-likeness (QED) is 0.740. The number of nitrogens with zero attached hydrogens (tertiary/aromatic N) is 2. The van der Waals surface area contributed by atoms with Gasteiger partial charge in [0.25, 0.3) is 0 Å². The van der Waals surface area contributed by atoms with Gasteiger partial charge in [-0.2, -0.15) is 0 Å². The van der Waals surface area contributed by atoms with E-state index >= 15 is 0 Å². The van der Waals surface area contributed by atoms with Gasteiger partial charge in [-0.1, -0.05) is 18.2 Å². The van der Waals surface area contributed by atoms with Gasteiger partial charge in [-0.05, 0) is 38.1 Å². The van der Waals surface area contributed by atoms with Crippen LogP contribution in [-0.2, 0) is 23.3 Å². The molecule has 1 aromatic heterocycles. The van der Waals surface area contributed by atoms with Gasteiger partial charge >= 0.3 is 0 Å². The molecule has 0 saturated carbocycles. The molecule has 6 heteroatoms. The number of methoxy groups -OCH3 is 1. The minimum atomic E-state index is -0.0641. The van der Waals surface area contributed by atoms with Gasteiger partial charge in [0.15, 0.2) is 17.9 Å². The monoisotopic (exact) mass is 382 g/mol. The lowest BCUT2D eigenvalue weighted by Gasteiger charge is -2.37. The maximum absolute atomic E-state index is 6.54. The fourth-order valence-electron chi connectivity index (χ4n) is 4.91. The van der Waals surface area contributed by atoms with Gasteiger partial charge in [0.05, 0.1) is 25.3 Å². The molecule has 0 amide bonds. The molecule has 0 saturated heterocycles. The van der Waals surface area contributed by atoms with E-state index in [-0.39, 0.29) is 11.5 Å². The third-order valence-electron chi connectivity index (χ3n) is 6.32. The van der Waals surface area contributed by atoms with Gasteiger partial charge in [-0.25, -0.2) is 4.98 Å². The maximum atomic E-state index is 6.54. The predicted molar refractivity (Wildman–Crippen MR) is 103 cm³/mol. The molecule has 6 nitrogen and oxygen atoms in total. The Balaban J connectivity index is 1.41. The highest BCUT2D eigenvalue weighted by Gasteiger charge is 2.52. The fraction of sp³-hybridized carbons (Fsp3) is 0.500. The van der Waals surface area contributed by atoms with Crippen molar-refractivity contribution in [2.24, 2.45) is 5.92 Å². The molecular weight excluding hydrogens is 356 g/mol. The molecule has 28 heavy (non-hydrogen) atoms. The summed E-state index contributed by atoms with van der Waals surface area (Å²) >= 11 is 0. The smallest absolute Gasteiger partial charge is 0.180 e. The summed E-state index contributed by atoms with van der Waals surface area (Å²) in [6.07, 6.45) is 9.95. The largest absolute Gasteiger partial charge is 0.493 e. The summed E-state index contributed by atoms with van der Waals surface area (Å²) in [7, 11) is 3.91. The molecular formula is C22H26N2O4. The first-order chi connectivity index (χ1) is 13.7. The molecule has 3 atom stereocenters. The minimum Gasteiger partial charge on any atom is -0.493 e. The first kappa shape index (κ1) is 17.8. The zero-order valence-corrected chi connectivity index (χ0v) is 16.4. The second-order valence-electron chi connectivity index (χ2n) is 8.10. The van der Waals surface area contributed by atoms with Crippen molar-refractivity contribution >= 4 is 0 Å². The van der Waals surface area contributed by atoms with E-state index in [1.165, 1.54) is 17.5 Å². The Hall–Kier alpha value is -2.31. The zero-order valence-electron chi connectivity index (χ0n) is 16.4. The summed E-state index contributed by atoms with van der Waals surface area (Å²) in [5, 5.41) is 0. The minimum absolute atomic E-state index is 0.0641. The number of ether oxygens (including phenoxy) is 3. The third kappa shape index (κ3) is 2.83. The van der Waals surface area contributed by atoms with Crippen LogP contribution >= 0.6 is 0 Å². The molecule has 1 spiro atoms. The van der Waals surface area contributed by atoms with E-state index in [4.69, 9.17) is 18.6 Å². The summed E-state index contributed by atoms with van der Waals surface area (Å²) in [6, 6.07) is 4.24. The van der Waals surface area contributed by atoms with Crippen molar-refractivity contribution in [2.45, 2.75) is 37.5 Å². The summed E-state index contributed by atoms with van der Waals surface area (Å²) in [4.78, 5) is 6.32. The highest BCUT2D eigenvalue weighted by Crippen LogP contribution is 2.56. The normalized spacial score (nSPS) is 28.4. The molecule has 2 aliphatic heterocycles. The van der Waals surface area contributed by atoms with Gasteiger partial charge < -0.3 is 23.5 Å². The number of aromatic nitrogens is 1. The molecule has 1 aromatic carbocycles. The van der Waals surface area contributed by atoms with Crippen LogP contribution in [0.5, 0.6) is 11.5 Å². The van der Waals surface area contributed by atoms with Crippen molar-refractivity contribution in [3.8, 4) is 11.5 Å². The van der Waals surface area contributed by atoms with E-state index in [0.717, 1.165) is 43.2 Å². The summed E-state index contributed by atoms with van der Waals surface area (Å²) < 4.78 is 23.3. The van der Waals surface area contributed by atoms with Crippen LogP contribution in [-0.4, -0.2) is 43.3 Å². The Bertz CT molecular complexity index is 879. The standard InChI is InChI=1S/C22H26N2O4/c1-24-8-7-22-6-5-15(12-26-13-17-10-23-14-27-17)9-19(22)28-21-18(25-2)4-3-16(11-24)20(21)22/h3-6,10,14-15,19H,7-9,11-13H2,1-2H3/t15-,19?,22-/m0/s1. The van der Waals surface area contributed by atoms with Crippen molar-refractivity contribution in [1.82, 2.24) is 9.88 Å². The Morgan fingerprint density at radius 1 is 1.36 bits per heavy atom. The predicted octanol–water partition coefficient (Wildman–Crippen LogP) is 3.31. The molecule has 1 unspecified atom stereocenters. The summed E-state index contributed by atoms with van der Waals surface area (Å²) in [5.74, 6) is 2.85. The number of hydrogen-bond donors (Lipinski definition) is 0. The Morgan fingerprint density at radius 2 is 2.29 bits per heavy atom. The van der Waals surface area contributed by atoms with E-state index in [2.05, 4.69) is 35.1 Å². The second-order valence-corrected chi connectivity index (χ2v) is 8.10. The van der Waals surface area contributed by atoms with E-state index in [1.54, 1.807) is 13.3 Å². The average molecular weight is 382 g/mol. The first-order valence-corrected chi connectivity index (χ1v) is 9.89. The number of hydrogen-bond acceptors (Lipinski definition) is 6. The van der Waals surface area contributed by atoms with Gasteiger partial charge in [0.2, 0.25) is 0 Å². The molecule has 3 aliphatic rings. The van der Waals surface area contributed by atoms with Crippen LogP contribution in [0.1, 0.15) is 29.7 Å². The van der Waals surface area contributed by atoms with Crippen LogP contribution < -0.4 is 9.47 Å². The zero-order chi connectivity index (χ0) is 19.1. The van der Waals surface area contributed by atoms with Crippen LogP contribution in [0, 0.1) is 5.92 Å². The van der Waals surface area contributed by atoms with Crippen molar-refractivity contribution in [3.05, 3.63) is 53.8 Å². The molecule has 1 aliphatic carbocycles. The SMILES string of the molecule is COc1ccc2c3c1OC1C[C@@H](COCc4cnco4)C=C[C@@]31CCN(C)C2. The number of benzene rings is 1. The van der Waals surface area contributed by atoms with Crippen molar-refractivity contribution in [3.63, 3.8) is 0 Å². The first-order valence-electron chi connectivity index (χ1n) is 9.89. The van der Waals surface area contributed by atoms with E-state index in [0.29, 0.717) is 19.1 Å². The van der Waals surface area contributed by atoms with Crippen molar-refractivity contribution < 1.29 is 18.6 Å². The molecule has 0 fully saturated rings. The molecule has 148 valence electrons. The van der Waals surface area contributed by atoms with E-state index in [9.17, 15) is 0 Å². The Morgan fingerprint density at radius 3 is 3.11 bits per heavy atom. The summed E-state index contributed by atoms with van der Waals surface area (Å²) in [5.41, 5.74) is 2.62. The maximum Gasteiger partial charge on any atom is 0.180 e. The second kappa shape index (κ2) is 6.94. The van der Waals surface area contributed by atoms with Crippen LogP contribution in [0.3, 0.4) is 0 Å². The van der Waals surface area contributed by atoms with Gasteiger partial charge in [-0.15, -0.1) is 0 Å². The van der Waals surface area contributed by atoms with Crippen LogP contribution in [0.25, 0.3) is 0 Å².